The van der Waals surface area contributed by atoms with E-state index >= 15 is 0 Å². The number of fused-ring (bicyclic) bond motifs is 15. The highest BCUT2D eigenvalue weighted by molar-refractivity contribution is 7.27. The number of hydrogen-bond acceptors (Lipinski definition) is 9. The molecule has 0 spiro atoms. The van der Waals surface area contributed by atoms with Gasteiger partial charge in [-0.05, 0) is 95.1 Å². The number of hydrogen-bond donors (Lipinski definition) is 0. The third-order valence-corrected chi connectivity index (χ3v) is 22.4. The molecule has 21 rings (SSSR count). The van der Waals surface area contributed by atoms with Crippen LogP contribution in [0.2, 0.25) is 0 Å². The highest BCUT2D eigenvalue weighted by Crippen LogP contribution is 2.50. The molecule has 470 valence electrons. The topological polar surface area (TPSA) is 100 Å². The average molecular weight is 1330 g/mol. The summed E-state index contributed by atoms with van der Waals surface area (Å²) in [6, 6.07) is 112. The molecular weight excluding hydrogens is 1270 g/mol. The van der Waals surface area contributed by atoms with Crippen molar-refractivity contribution in [3.63, 3.8) is 0 Å². The Hall–Kier alpha value is -13.1. The monoisotopic (exact) mass is 1320 g/mol. The third-order valence-electron chi connectivity index (χ3n) is 19.9. The predicted octanol–water partition coefficient (Wildman–Crippen LogP) is 24.2. The molecule has 0 bridgehead atoms. The lowest BCUT2D eigenvalue weighted by molar-refractivity contribution is 0.669. The lowest BCUT2D eigenvalue weighted by Gasteiger charge is -2.13. The fourth-order valence-electron chi connectivity index (χ4n) is 15.3. The van der Waals surface area contributed by atoms with Gasteiger partial charge in [0, 0.05) is 91.1 Å². The van der Waals surface area contributed by atoms with Gasteiger partial charge in [-0.25, -0.2) is 29.9 Å². The molecule has 0 fully saturated rings. The standard InChI is InChI=1S/C90H52N8OS2/c1-3-23-53(24-4-1)55-27-17-29-57(51-55)86-91-85(54-25-5-2-6-26-54)92-90(94-86)71-50-49-59(79-68-39-22-47-77(83(68)101-84(71)79)98-74-44-14-9-33-62(74)63-34-10-15-45-75(63)98)56-28-18-30-58(52-56)87-93-88(69-40-19-36-65-64-35-11-16-48-78(64)99-80(65)69)96-89(95-87)70-41-20-37-66-67-38-21-46-76(82(67)100-81(66)70)97-72-42-12-7-31-60(72)61-32-8-13-43-73(61)97/h1-52H. The van der Waals surface area contributed by atoms with Crippen LogP contribution in [0.5, 0.6) is 0 Å². The number of thiophene rings is 2. The van der Waals surface area contributed by atoms with Crippen molar-refractivity contribution in [1.82, 2.24) is 39.0 Å². The minimum Gasteiger partial charge on any atom is -0.455 e. The van der Waals surface area contributed by atoms with Gasteiger partial charge in [0.25, 0.3) is 0 Å². The van der Waals surface area contributed by atoms with E-state index in [0.717, 1.165) is 141 Å². The van der Waals surface area contributed by atoms with Crippen LogP contribution in [-0.2, 0) is 0 Å². The summed E-state index contributed by atoms with van der Waals surface area (Å²) < 4.78 is 16.1. The summed E-state index contributed by atoms with van der Waals surface area (Å²) in [5.41, 5.74) is 17.8. The van der Waals surface area contributed by atoms with Gasteiger partial charge in [0.05, 0.1) is 48.4 Å². The molecule has 0 radical (unpaired) electrons. The zero-order chi connectivity index (χ0) is 66.2. The van der Waals surface area contributed by atoms with E-state index in [-0.39, 0.29) is 0 Å². The Balaban J connectivity index is 0.784. The molecule has 9 nitrogen and oxygen atoms in total. The van der Waals surface area contributed by atoms with Gasteiger partial charge < -0.3 is 13.6 Å². The van der Waals surface area contributed by atoms with Crippen LogP contribution in [0.15, 0.2) is 320 Å². The van der Waals surface area contributed by atoms with E-state index in [2.05, 4.69) is 288 Å². The minimum absolute atomic E-state index is 0.510. The summed E-state index contributed by atoms with van der Waals surface area (Å²) in [7, 11) is 0. The minimum atomic E-state index is 0.510. The zero-order valence-electron chi connectivity index (χ0n) is 53.8. The summed E-state index contributed by atoms with van der Waals surface area (Å²) in [6.45, 7) is 0. The highest BCUT2D eigenvalue weighted by Gasteiger charge is 2.26. The first-order valence-corrected chi connectivity index (χ1v) is 35.4. The van der Waals surface area contributed by atoms with Gasteiger partial charge in [-0.1, -0.05) is 243 Å². The largest absolute Gasteiger partial charge is 0.455 e. The fraction of sp³-hybridized carbons (Fsp3) is 0. The van der Waals surface area contributed by atoms with E-state index in [1.54, 1.807) is 22.7 Å². The molecule has 0 aliphatic rings. The summed E-state index contributed by atoms with van der Waals surface area (Å²) in [5, 5.41) is 11.4. The second-order valence-corrected chi connectivity index (χ2v) is 27.6. The molecule has 0 N–H and O–H groups in total. The first-order chi connectivity index (χ1) is 50.1. The van der Waals surface area contributed by atoms with Crippen LogP contribution in [0.4, 0.5) is 0 Å². The number of furan rings is 1. The van der Waals surface area contributed by atoms with E-state index in [1.165, 1.54) is 31.6 Å². The van der Waals surface area contributed by atoms with Crippen molar-refractivity contribution < 1.29 is 4.42 Å². The van der Waals surface area contributed by atoms with Crippen molar-refractivity contribution in [3.05, 3.63) is 315 Å². The summed E-state index contributed by atoms with van der Waals surface area (Å²) in [4.78, 5) is 32.8. The molecule has 0 saturated heterocycles. The van der Waals surface area contributed by atoms with Gasteiger partial charge >= 0.3 is 0 Å². The van der Waals surface area contributed by atoms with E-state index in [9.17, 15) is 0 Å². The number of nitrogens with zero attached hydrogens (tertiary/aromatic N) is 8. The Bertz CT molecular complexity index is 6880. The SMILES string of the molecule is c1ccc(-c2cccc(-c3nc(-c4ccccc4)nc(-c4ccc(-c5cccc(-c6nc(-c7cccc8c7oc7ccccc78)nc(-c7cccc8c7sc7c(-n9c%10ccccc%10c%10ccccc%109)cccc78)n6)c5)c5c4sc4c(-n6c7ccccc7c7ccccc76)cccc45)n3)c2)cc1. The Morgan fingerprint density at radius 3 is 1.22 bits per heavy atom. The molecule has 21 aromatic rings. The molecule has 11 heteroatoms. The second-order valence-electron chi connectivity index (χ2n) is 25.6. The van der Waals surface area contributed by atoms with Crippen molar-refractivity contribution in [2.24, 2.45) is 0 Å². The van der Waals surface area contributed by atoms with Crippen molar-refractivity contribution in [2.45, 2.75) is 0 Å². The number of rotatable bonds is 10. The van der Waals surface area contributed by atoms with Crippen molar-refractivity contribution in [2.75, 3.05) is 0 Å². The van der Waals surface area contributed by atoms with E-state index in [0.29, 0.717) is 34.9 Å². The molecule has 0 amide bonds. The van der Waals surface area contributed by atoms with Crippen molar-refractivity contribution >= 4 is 129 Å². The molecule has 7 heterocycles. The maximum atomic E-state index is 6.78. The smallest absolute Gasteiger partial charge is 0.167 e. The molecule has 0 saturated carbocycles. The van der Waals surface area contributed by atoms with Gasteiger partial charge in [-0.2, -0.15) is 0 Å². The highest BCUT2D eigenvalue weighted by atomic mass is 32.1. The molecular formula is C90H52N8OS2. The van der Waals surface area contributed by atoms with Crippen LogP contribution in [0.3, 0.4) is 0 Å². The van der Waals surface area contributed by atoms with Gasteiger partial charge in [0.2, 0.25) is 0 Å². The quantitative estimate of drug-likeness (QED) is 0.134. The Morgan fingerprint density at radius 1 is 0.228 bits per heavy atom. The number of benzene rings is 14. The molecule has 0 unspecified atom stereocenters. The van der Waals surface area contributed by atoms with Crippen molar-refractivity contribution in [3.8, 4) is 102 Å². The van der Waals surface area contributed by atoms with Crippen molar-refractivity contribution in [1.29, 1.82) is 0 Å². The van der Waals surface area contributed by atoms with Crippen LogP contribution in [0.25, 0.3) is 208 Å². The van der Waals surface area contributed by atoms with Crippen LogP contribution in [0, 0.1) is 0 Å². The average Bonchev–Trinajstić information content (AvgIpc) is 1.51. The van der Waals surface area contributed by atoms with Gasteiger partial charge in [0.1, 0.15) is 11.2 Å². The van der Waals surface area contributed by atoms with Gasteiger partial charge in [0.15, 0.2) is 34.9 Å². The van der Waals surface area contributed by atoms with Gasteiger partial charge in [-0.15, -0.1) is 22.7 Å². The summed E-state index contributed by atoms with van der Waals surface area (Å²) >= 11 is 3.56. The lowest BCUT2D eigenvalue weighted by Crippen LogP contribution is -2.01. The third kappa shape index (κ3) is 9.07. The van der Waals surface area contributed by atoms with Crippen LogP contribution < -0.4 is 0 Å². The molecule has 0 aliphatic carbocycles. The molecule has 101 heavy (non-hydrogen) atoms. The fourth-order valence-corrected chi connectivity index (χ4v) is 18.0. The maximum Gasteiger partial charge on any atom is 0.167 e. The number of aromatic nitrogens is 8. The maximum absolute atomic E-state index is 6.78. The normalized spacial score (nSPS) is 12.0. The second kappa shape index (κ2) is 22.8. The lowest BCUT2D eigenvalue weighted by atomic mass is 9.95. The summed E-state index contributed by atoms with van der Waals surface area (Å²) in [6.07, 6.45) is 0. The van der Waals surface area contributed by atoms with Crippen LogP contribution >= 0.6 is 22.7 Å². The first kappa shape index (κ1) is 57.1. The zero-order valence-corrected chi connectivity index (χ0v) is 55.5. The van der Waals surface area contributed by atoms with Gasteiger partial charge in [-0.3, -0.25) is 0 Å². The first-order valence-electron chi connectivity index (χ1n) is 33.7. The van der Waals surface area contributed by atoms with E-state index in [4.69, 9.17) is 34.3 Å². The molecule has 0 aliphatic heterocycles. The van der Waals surface area contributed by atoms with Crippen LogP contribution in [0.1, 0.15) is 0 Å². The Kier molecular flexibility index (Phi) is 12.9. The summed E-state index contributed by atoms with van der Waals surface area (Å²) in [5.74, 6) is 3.36. The predicted molar refractivity (Wildman–Crippen MR) is 418 cm³/mol. The Morgan fingerprint density at radius 2 is 0.604 bits per heavy atom. The molecule has 0 atom stereocenters. The Labute approximate surface area is 585 Å². The molecule has 7 aromatic heterocycles. The van der Waals surface area contributed by atoms with E-state index in [1.807, 2.05) is 36.4 Å². The molecule has 14 aromatic carbocycles. The van der Waals surface area contributed by atoms with Crippen LogP contribution in [-0.4, -0.2) is 39.0 Å². The number of para-hydroxylation sites is 6. The van der Waals surface area contributed by atoms with E-state index < -0.39 is 0 Å².